The number of likely N-dealkylation sites (tertiary alicyclic amines) is 1. The molecule has 0 bridgehead atoms. The van der Waals surface area contributed by atoms with Crippen LogP contribution in [0.2, 0.25) is 0 Å². The maximum absolute atomic E-state index is 5.98. The Hall–Kier alpha value is -1.52. The van der Waals surface area contributed by atoms with Gasteiger partial charge in [-0.05, 0) is 25.3 Å². The van der Waals surface area contributed by atoms with Gasteiger partial charge in [-0.3, -0.25) is 9.67 Å². The molecule has 17 heavy (non-hydrogen) atoms. The van der Waals surface area contributed by atoms with Crippen molar-refractivity contribution in [3.05, 3.63) is 18.0 Å². The van der Waals surface area contributed by atoms with E-state index in [1.807, 2.05) is 24.0 Å². The summed E-state index contributed by atoms with van der Waals surface area (Å²) in [6.07, 6.45) is 6.49. The third-order valence-corrected chi connectivity index (χ3v) is 3.24. The van der Waals surface area contributed by atoms with Gasteiger partial charge in [0.1, 0.15) is 0 Å². The second-order valence-electron chi connectivity index (χ2n) is 4.48. The largest absolute Gasteiger partial charge is 0.370 e. The first-order valence-corrected chi connectivity index (χ1v) is 6.29. The second kappa shape index (κ2) is 5.70. The monoisotopic (exact) mass is 235 g/mol. The third kappa shape index (κ3) is 3.22. The zero-order chi connectivity index (χ0) is 12.1. The Morgan fingerprint density at radius 1 is 1.41 bits per heavy atom. The van der Waals surface area contributed by atoms with Gasteiger partial charge in [0.15, 0.2) is 5.96 Å². The minimum atomic E-state index is 0.701. The Morgan fingerprint density at radius 3 is 2.82 bits per heavy atom. The van der Waals surface area contributed by atoms with Crippen LogP contribution >= 0.6 is 0 Å². The first kappa shape index (κ1) is 12.0. The van der Waals surface area contributed by atoms with Gasteiger partial charge in [-0.15, -0.1) is 0 Å². The normalized spacial score (nSPS) is 17.5. The van der Waals surface area contributed by atoms with Crippen LogP contribution in [0.3, 0.4) is 0 Å². The molecule has 1 aliphatic heterocycles. The first-order valence-electron chi connectivity index (χ1n) is 6.29. The van der Waals surface area contributed by atoms with Crippen LogP contribution in [0.5, 0.6) is 0 Å². The van der Waals surface area contributed by atoms with Crippen molar-refractivity contribution in [2.75, 3.05) is 19.6 Å². The molecular weight excluding hydrogens is 214 g/mol. The van der Waals surface area contributed by atoms with Crippen LogP contribution in [0, 0.1) is 0 Å². The molecule has 1 saturated heterocycles. The molecule has 94 valence electrons. The number of aryl methyl sites for hydroxylation is 1. The lowest BCUT2D eigenvalue weighted by Crippen LogP contribution is -2.41. The van der Waals surface area contributed by atoms with Crippen LogP contribution in [0.25, 0.3) is 0 Å². The highest BCUT2D eigenvalue weighted by atomic mass is 15.3. The summed E-state index contributed by atoms with van der Waals surface area (Å²) < 4.78 is 1.88. The number of hydrogen-bond acceptors (Lipinski definition) is 2. The van der Waals surface area contributed by atoms with Crippen LogP contribution in [0.15, 0.2) is 17.3 Å². The van der Waals surface area contributed by atoms with Crippen molar-refractivity contribution < 1.29 is 0 Å². The van der Waals surface area contributed by atoms with Gasteiger partial charge in [-0.25, -0.2) is 0 Å². The molecule has 0 aromatic carbocycles. The number of guanidine groups is 1. The summed E-state index contributed by atoms with van der Waals surface area (Å²) in [7, 11) is 1.95. The van der Waals surface area contributed by atoms with Gasteiger partial charge in [-0.1, -0.05) is 0 Å². The number of piperidine rings is 1. The topological polar surface area (TPSA) is 59.4 Å². The van der Waals surface area contributed by atoms with Crippen molar-refractivity contribution in [2.45, 2.75) is 25.7 Å². The third-order valence-electron chi connectivity index (χ3n) is 3.24. The van der Waals surface area contributed by atoms with E-state index in [4.69, 9.17) is 5.73 Å². The minimum absolute atomic E-state index is 0.701. The fourth-order valence-electron chi connectivity index (χ4n) is 2.15. The van der Waals surface area contributed by atoms with Crippen molar-refractivity contribution in [2.24, 2.45) is 17.8 Å². The second-order valence-corrected chi connectivity index (χ2v) is 4.48. The van der Waals surface area contributed by atoms with Crippen LogP contribution in [-0.4, -0.2) is 40.3 Å². The predicted octanol–water partition coefficient (Wildman–Crippen LogP) is 0.763. The molecule has 2 rings (SSSR count). The molecular formula is C12H21N5. The number of aromatic nitrogens is 2. The number of aliphatic imine (C=N–C) groups is 1. The Bertz CT molecular complexity index is 376. The zero-order valence-electron chi connectivity index (χ0n) is 10.5. The summed E-state index contributed by atoms with van der Waals surface area (Å²) in [6, 6.07) is 2.02. The first-order chi connectivity index (χ1) is 8.27. The van der Waals surface area contributed by atoms with Crippen LogP contribution in [-0.2, 0) is 13.5 Å². The van der Waals surface area contributed by atoms with Crippen molar-refractivity contribution in [1.29, 1.82) is 0 Å². The van der Waals surface area contributed by atoms with Gasteiger partial charge in [0.25, 0.3) is 0 Å². The van der Waals surface area contributed by atoms with E-state index in [2.05, 4.69) is 15.0 Å². The lowest BCUT2D eigenvalue weighted by Gasteiger charge is -2.27. The van der Waals surface area contributed by atoms with Gasteiger partial charge in [-0.2, -0.15) is 5.10 Å². The molecule has 2 heterocycles. The summed E-state index contributed by atoms with van der Waals surface area (Å²) in [5.41, 5.74) is 7.17. The van der Waals surface area contributed by atoms with E-state index in [9.17, 15) is 0 Å². The Balaban J connectivity index is 1.81. The van der Waals surface area contributed by atoms with Crippen molar-refractivity contribution >= 4 is 5.96 Å². The number of hydrogen-bond donors (Lipinski definition) is 1. The Morgan fingerprint density at radius 2 is 2.18 bits per heavy atom. The molecule has 1 aromatic rings. The summed E-state index contributed by atoms with van der Waals surface area (Å²) in [4.78, 5) is 6.63. The number of nitrogens with two attached hydrogens (primary N) is 1. The molecule has 1 aromatic heterocycles. The average Bonchev–Trinajstić information content (AvgIpc) is 2.76. The highest BCUT2D eigenvalue weighted by Crippen LogP contribution is 2.08. The molecule has 0 saturated carbocycles. The Labute approximate surface area is 102 Å². The van der Waals surface area contributed by atoms with Gasteiger partial charge in [0.2, 0.25) is 0 Å². The van der Waals surface area contributed by atoms with E-state index < -0.39 is 0 Å². The van der Waals surface area contributed by atoms with E-state index in [1.165, 1.54) is 25.0 Å². The molecule has 0 amide bonds. The van der Waals surface area contributed by atoms with Crippen LogP contribution in [0.4, 0.5) is 0 Å². The molecule has 5 nitrogen and oxygen atoms in total. The molecule has 5 heteroatoms. The summed E-state index contributed by atoms with van der Waals surface area (Å²) >= 11 is 0. The van der Waals surface area contributed by atoms with Gasteiger partial charge >= 0.3 is 0 Å². The van der Waals surface area contributed by atoms with Gasteiger partial charge in [0.05, 0.1) is 0 Å². The average molecular weight is 235 g/mol. The van der Waals surface area contributed by atoms with Gasteiger partial charge < -0.3 is 10.6 Å². The molecule has 0 unspecified atom stereocenters. The van der Waals surface area contributed by atoms with Gasteiger partial charge in [0, 0.05) is 45.0 Å². The highest BCUT2D eigenvalue weighted by molar-refractivity contribution is 5.78. The predicted molar refractivity (Wildman–Crippen MR) is 68.8 cm³/mol. The lowest BCUT2D eigenvalue weighted by molar-refractivity contribution is 0.338. The molecule has 0 spiro atoms. The van der Waals surface area contributed by atoms with Crippen LogP contribution in [0.1, 0.15) is 25.0 Å². The van der Waals surface area contributed by atoms with E-state index in [1.54, 1.807) is 0 Å². The molecule has 1 fully saturated rings. The number of nitrogens with zero attached hydrogens (tertiary/aromatic N) is 4. The highest BCUT2D eigenvalue weighted by Gasteiger charge is 2.11. The zero-order valence-corrected chi connectivity index (χ0v) is 10.5. The summed E-state index contributed by atoms with van der Waals surface area (Å²) in [5.74, 6) is 0.701. The van der Waals surface area contributed by atoms with E-state index in [0.29, 0.717) is 5.96 Å². The molecule has 2 N–H and O–H groups in total. The summed E-state index contributed by atoms with van der Waals surface area (Å²) in [6.45, 7) is 2.85. The van der Waals surface area contributed by atoms with Crippen molar-refractivity contribution in [1.82, 2.24) is 14.7 Å². The fraction of sp³-hybridized carbons (Fsp3) is 0.667. The maximum atomic E-state index is 5.98. The SMILES string of the molecule is Cn1nccc1CCN=C(N)N1CCCCC1. The standard InChI is InChI=1S/C12H21N5/c1-16-11(6-8-15-16)5-7-14-12(13)17-9-3-2-4-10-17/h6,8H,2-5,7,9-10H2,1H3,(H2,13,14). The summed E-state index contributed by atoms with van der Waals surface area (Å²) in [5, 5.41) is 4.13. The molecule has 0 atom stereocenters. The quantitative estimate of drug-likeness (QED) is 0.621. The minimum Gasteiger partial charge on any atom is -0.370 e. The molecule has 1 aliphatic rings. The van der Waals surface area contributed by atoms with E-state index in [0.717, 1.165) is 26.1 Å². The number of rotatable bonds is 3. The maximum Gasteiger partial charge on any atom is 0.191 e. The van der Waals surface area contributed by atoms with E-state index >= 15 is 0 Å². The molecule has 0 radical (unpaired) electrons. The lowest BCUT2D eigenvalue weighted by atomic mass is 10.1. The molecule has 0 aliphatic carbocycles. The van der Waals surface area contributed by atoms with E-state index in [-0.39, 0.29) is 0 Å². The van der Waals surface area contributed by atoms with Crippen LogP contribution < -0.4 is 5.73 Å². The van der Waals surface area contributed by atoms with Crippen molar-refractivity contribution in [3.63, 3.8) is 0 Å². The Kier molecular flexibility index (Phi) is 4.01. The van der Waals surface area contributed by atoms with Crippen molar-refractivity contribution in [3.8, 4) is 0 Å². The smallest absolute Gasteiger partial charge is 0.191 e. The fourth-order valence-corrected chi connectivity index (χ4v) is 2.15.